The average Bonchev–Trinajstić information content (AvgIpc) is 2.20. The molecule has 0 spiro atoms. The van der Waals surface area contributed by atoms with Gasteiger partial charge in [-0.2, -0.15) is 0 Å². The molecule has 3 unspecified atom stereocenters. The monoisotopic (exact) mass is 193 g/mol. The number of rotatable bonds is 3. The molecule has 1 saturated carbocycles. The van der Waals surface area contributed by atoms with Gasteiger partial charge in [0.15, 0.2) is 0 Å². The Morgan fingerprint density at radius 3 is 2.79 bits per heavy atom. The van der Waals surface area contributed by atoms with E-state index in [0.717, 1.165) is 31.4 Å². The highest BCUT2D eigenvalue weighted by Crippen LogP contribution is 2.33. The summed E-state index contributed by atoms with van der Waals surface area (Å²) < 4.78 is 5.62. The van der Waals surface area contributed by atoms with Crippen LogP contribution >= 0.6 is 0 Å². The molecular formula is C12H19NO. The van der Waals surface area contributed by atoms with Crippen LogP contribution in [0.2, 0.25) is 0 Å². The van der Waals surface area contributed by atoms with Crippen LogP contribution in [0.25, 0.3) is 4.85 Å². The molecule has 14 heavy (non-hydrogen) atoms. The molecule has 0 bridgehead atoms. The summed E-state index contributed by atoms with van der Waals surface area (Å²) in [5.74, 6) is 0.495. The Bertz CT molecular complexity index is 241. The Morgan fingerprint density at radius 1 is 1.57 bits per heavy atom. The summed E-state index contributed by atoms with van der Waals surface area (Å²) in [6, 6.07) is 0.143. The van der Waals surface area contributed by atoms with E-state index >= 15 is 0 Å². The first-order valence-corrected chi connectivity index (χ1v) is 5.38. The molecule has 0 aliphatic heterocycles. The Hall–Kier alpha value is -0.810. The van der Waals surface area contributed by atoms with Gasteiger partial charge in [-0.05, 0) is 25.3 Å². The molecule has 1 rings (SSSR count). The first-order chi connectivity index (χ1) is 6.72. The van der Waals surface area contributed by atoms with Crippen LogP contribution < -0.4 is 0 Å². The van der Waals surface area contributed by atoms with Gasteiger partial charge < -0.3 is 9.58 Å². The zero-order valence-corrected chi connectivity index (χ0v) is 9.12. The second-order valence-corrected chi connectivity index (χ2v) is 3.91. The maximum absolute atomic E-state index is 7.13. The molecule has 0 amide bonds. The lowest BCUT2D eigenvalue weighted by Gasteiger charge is -2.30. The van der Waals surface area contributed by atoms with E-state index in [1.165, 1.54) is 0 Å². The highest BCUT2D eigenvalue weighted by Gasteiger charge is 2.35. The van der Waals surface area contributed by atoms with Gasteiger partial charge in [0.25, 0.3) is 0 Å². The lowest BCUT2D eigenvalue weighted by Crippen LogP contribution is -2.32. The molecule has 0 saturated heterocycles. The molecule has 78 valence electrons. The third-order valence-corrected chi connectivity index (χ3v) is 3.05. The molecule has 2 nitrogen and oxygen atoms in total. The summed E-state index contributed by atoms with van der Waals surface area (Å²) in [6.07, 6.45) is 3.08. The smallest absolute Gasteiger partial charge is 0.230 e. The first-order valence-electron chi connectivity index (χ1n) is 5.38. The summed E-state index contributed by atoms with van der Waals surface area (Å²) >= 11 is 0. The molecule has 0 heterocycles. The fourth-order valence-electron chi connectivity index (χ4n) is 2.14. The van der Waals surface area contributed by atoms with Crippen molar-refractivity contribution in [3.63, 3.8) is 0 Å². The van der Waals surface area contributed by atoms with Crippen molar-refractivity contribution >= 4 is 0 Å². The van der Waals surface area contributed by atoms with Crippen LogP contribution in [0.1, 0.15) is 33.1 Å². The van der Waals surface area contributed by atoms with Crippen molar-refractivity contribution < 1.29 is 4.74 Å². The molecule has 0 aromatic carbocycles. The fraction of sp³-hybridized carbons (Fsp3) is 0.750. The number of ether oxygens (including phenoxy) is 1. The van der Waals surface area contributed by atoms with Gasteiger partial charge in [0.05, 0.1) is 6.10 Å². The van der Waals surface area contributed by atoms with E-state index in [4.69, 9.17) is 11.3 Å². The molecule has 0 radical (unpaired) electrons. The second-order valence-electron chi connectivity index (χ2n) is 3.91. The maximum atomic E-state index is 7.13. The average molecular weight is 193 g/mol. The summed E-state index contributed by atoms with van der Waals surface area (Å²) in [5, 5.41) is 0. The van der Waals surface area contributed by atoms with E-state index in [9.17, 15) is 0 Å². The van der Waals surface area contributed by atoms with Crippen LogP contribution in [0.15, 0.2) is 12.2 Å². The molecular weight excluding hydrogens is 174 g/mol. The minimum Gasteiger partial charge on any atom is -0.374 e. The van der Waals surface area contributed by atoms with E-state index in [1.54, 1.807) is 0 Å². The van der Waals surface area contributed by atoms with Crippen molar-refractivity contribution in [2.24, 2.45) is 5.92 Å². The largest absolute Gasteiger partial charge is 0.374 e. The zero-order valence-electron chi connectivity index (χ0n) is 9.12. The van der Waals surface area contributed by atoms with Gasteiger partial charge in [0, 0.05) is 18.9 Å². The SMILES string of the molecule is [C-]#[N+]C1CC(=C)C(OCC)CC1CC. The van der Waals surface area contributed by atoms with Crippen LogP contribution in [0.4, 0.5) is 0 Å². The molecule has 3 atom stereocenters. The third-order valence-electron chi connectivity index (χ3n) is 3.05. The zero-order chi connectivity index (χ0) is 10.6. The maximum Gasteiger partial charge on any atom is 0.230 e. The minimum atomic E-state index is 0.143. The summed E-state index contributed by atoms with van der Waals surface area (Å²) in [5.41, 5.74) is 1.11. The van der Waals surface area contributed by atoms with Gasteiger partial charge in [0.1, 0.15) is 0 Å². The molecule has 0 aromatic heterocycles. The summed E-state index contributed by atoms with van der Waals surface area (Å²) in [6.45, 7) is 16.0. The predicted octanol–water partition coefficient (Wildman–Crippen LogP) is 3.06. The lowest BCUT2D eigenvalue weighted by molar-refractivity contribution is 0.0528. The van der Waals surface area contributed by atoms with Crippen molar-refractivity contribution in [3.05, 3.63) is 23.6 Å². The van der Waals surface area contributed by atoms with Crippen LogP contribution in [0.3, 0.4) is 0 Å². The highest BCUT2D eigenvalue weighted by atomic mass is 16.5. The number of nitrogens with zero attached hydrogens (tertiary/aromatic N) is 1. The van der Waals surface area contributed by atoms with Crippen LogP contribution in [-0.2, 0) is 4.74 Å². The van der Waals surface area contributed by atoms with Crippen LogP contribution in [0.5, 0.6) is 0 Å². The Kier molecular flexibility index (Phi) is 4.16. The van der Waals surface area contributed by atoms with Crippen molar-refractivity contribution in [3.8, 4) is 0 Å². The summed E-state index contributed by atoms with van der Waals surface area (Å²) in [7, 11) is 0. The van der Waals surface area contributed by atoms with Gasteiger partial charge in [-0.25, -0.2) is 6.57 Å². The molecule has 1 aliphatic rings. The van der Waals surface area contributed by atoms with E-state index in [-0.39, 0.29) is 12.1 Å². The second kappa shape index (κ2) is 5.17. The van der Waals surface area contributed by atoms with Crippen LogP contribution in [0, 0.1) is 12.5 Å². The van der Waals surface area contributed by atoms with Gasteiger partial charge in [0.2, 0.25) is 6.04 Å². The Labute approximate surface area is 86.8 Å². The summed E-state index contributed by atoms with van der Waals surface area (Å²) in [4.78, 5) is 3.68. The standard InChI is InChI=1S/C12H19NO/c1-5-10-8-12(14-6-2)9(3)7-11(10)13-4/h10-12H,3,5-8H2,1-2H3. The van der Waals surface area contributed by atoms with Gasteiger partial charge >= 0.3 is 0 Å². The quantitative estimate of drug-likeness (QED) is 0.496. The van der Waals surface area contributed by atoms with Crippen molar-refractivity contribution in [1.82, 2.24) is 0 Å². The van der Waals surface area contributed by atoms with E-state index in [1.807, 2.05) is 6.92 Å². The third kappa shape index (κ3) is 2.36. The van der Waals surface area contributed by atoms with Crippen molar-refractivity contribution in [2.75, 3.05) is 6.61 Å². The molecule has 1 fully saturated rings. The molecule has 0 N–H and O–H groups in total. The van der Waals surface area contributed by atoms with E-state index in [2.05, 4.69) is 18.3 Å². The van der Waals surface area contributed by atoms with E-state index < -0.39 is 0 Å². The van der Waals surface area contributed by atoms with Gasteiger partial charge in [-0.3, -0.25) is 0 Å². The molecule has 0 aromatic rings. The topological polar surface area (TPSA) is 13.6 Å². The highest BCUT2D eigenvalue weighted by molar-refractivity contribution is 5.13. The van der Waals surface area contributed by atoms with Gasteiger partial charge in [-0.15, -0.1) is 0 Å². The Morgan fingerprint density at radius 2 is 2.29 bits per heavy atom. The molecule has 1 aliphatic carbocycles. The first kappa shape index (κ1) is 11.3. The van der Waals surface area contributed by atoms with E-state index in [0.29, 0.717) is 5.92 Å². The fourth-order valence-corrected chi connectivity index (χ4v) is 2.14. The minimum absolute atomic E-state index is 0.143. The molecule has 2 heteroatoms. The lowest BCUT2D eigenvalue weighted by atomic mass is 9.79. The van der Waals surface area contributed by atoms with Gasteiger partial charge in [-0.1, -0.05) is 13.5 Å². The van der Waals surface area contributed by atoms with Crippen molar-refractivity contribution in [1.29, 1.82) is 0 Å². The van der Waals surface area contributed by atoms with Crippen molar-refractivity contribution in [2.45, 2.75) is 45.3 Å². The van der Waals surface area contributed by atoms with Crippen LogP contribution in [-0.4, -0.2) is 18.8 Å². The Balaban J connectivity index is 2.62. The predicted molar refractivity (Wildman–Crippen MR) is 58.0 cm³/mol. The number of hydrogen-bond acceptors (Lipinski definition) is 1. The number of hydrogen-bond donors (Lipinski definition) is 0. The normalized spacial score (nSPS) is 32.6.